The second-order valence-electron chi connectivity index (χ2n) is 5.59. The molecule has 1 aliphatic carbocycles. The van der Waals surface area contributed by atoms with Crippen molar-refractivity contribution >= 4 is 11.8 Å². The summed E-state index contributed by atoms with van der Waals surface area (Å²) in [5, 5.41) is 0. The van der Waals surface area contributed by atoms with Gasteiger partial charge < -0.3 is 9.47 Å². The maximum Gasteiger partial charge on any atom is 0.319 e. The summed E-state index contributed by atoms with van der Waals surface area (Å²) in [6.45, 7) is 1.50. The third kappa shape index (κ3) is 2.67. The topological polar surface area (TPSA) is 52.6 Å². The molecule has 2 atom stereocenters. The minimum Gasteiger partial charge on any atom is -0.497 e. The van der Waals surface area contributed by atoms with Crippen LogP contribution in [0.2, 0.25) is 0 Å². The number of benzene rings is 1. The van der Waals surface area contributed by atoms with Crippen molar-refractivity contribution in [2.24, 2.45) is 5.41 Å². The van der Waals surface area contributed by atoms with Crippen molar-refractivity contribution in [3.8, 4) is 5.75 Å². The number of methoxy groups -OCH3 is 2. The van der Waals surface area contributed by atoms with Crippen LogP contribution in [0, 0.1) is 5.41 Å². The first kappa shape index (κ1) is 15.5. The molecule has 0 bridgehead atoms. The Kier molecular flexibility index (Phi) is 4.66. The molecule has 1 aromatic carbocycles. The molecule has 2 rings (SSSR count). The molecule has 0 heterocycles. The molecule has 2 unspecified atom stereocenters. The van der Waals surface area contributed by atoms with Crippen LogP contribution in [0.4, 0.5) is 0 Å². The van der Waals surface area contributed by atoms with Gasteiger partial charge in [-0.15, -0.1) is 0 Å². The molecule has 114 valence electrons. The van der Waals surface area contributed by atoms with Crippen LogP contribution in [0.15, 0.2) is 24.3 Å². The fraction of sp³-hybridized carbons (Fsp3) is 0.529. The summed E-state index contributed by atoms with van der Waals surface area (Å²) >= 11 is 0. The lowest BCUT2D eigenvalue weighted by Crippen LogP contribution is -2.46. The highest BCUT2D eigenvalue weighted by molar-refractivity contribution is 6.04. The Labute approximate surface area is 125 Å². The second kappa shape index (κ2) is 6.29. The van der Waals surface area contributed by atoms with Gasteiger partial charge in [0.05, 0.1) is 14.2 Å². The van der Waals surface area contributed by atoms with Crippen LogP contribution in [0.3, 0.4) is 0 Å². The van der Waals surface area contributed by atoms with Crippen molar-refractivity contribution in [3.05, 3.63) is 29.8 Å². The van der Waals surface area contributed by atoms with Gasteiger partial charge in [-0.25, -0.2) is 0 Å². The number of ketones is 1. The van der Waals surface area contributed by atoms with Crippen LogP contribution in [0.5, 0.6) is 5.75 Å². The number of ether oxygens (including phenoxy) is 2. The van der Waals surface area contributed by atoms with Crippen LogP contribution >= 0.6 is 0 Å². The highest BCUT2D eigenvalue weighted by Crippen LogP contribution is 2.49. The second-order valence-corrected chi connectivity index (χ2v) is 5.59. The summed E-state index contributed by atoms with van der Waals surface area (Å²) in [5.74, 6) is 0.133. The molecule has 4 heteroatoms. The SMILES string of the molecule is COC(=O)C1(C(C)=O)CCCCC1c1ccc(OC)cc1. The summed E-state index contributed by atoms with van der Waals surface area (Å²) in [7, 11) is 2.97. The van der Waals surface area contributed by atoms with Gasteiger partial charge in [0.25, 0.3) is 0 Å². The predicted octanol–water partition coefficient (Wildman–Crippen LogP) is 3.10. The molecule has 21 heavy (non-hydrogen) atoms. The first-order valence-corrected chi connectivity index (χ1v) is 7.29. The molecule has 1 fully saturated rings. The van der Waals surface area contributed by atoms with E-state index < -0.39 is 11.4 Å². The monoisotopic (exact) mass is 290 g/mol. The fourth-order valence-electron chi connectivity index (χ4n) is 3.45. The third-order valence-corrected chi connectivity index (χ3v) is 4.60. The van der Waals surface area contributed by atoms with E-state index in [0.717, 1.165) is 30.6 Å². The maximum atomic E-state index is 12.4. The fourth-order valence-corrected chi connectivity index (χ4v) is 3.45. The third-order valence-electron chi connectivity index (χ3n) is 4.60. The Bertz CT molecular complexity index is 520. The standard InChI is InChI=1S/C17H22O4/c1-12(18)17(16(19)21-3)11-5-4-6-15(17)13-7-9-14(20-2)10-8-13/h7-10,15H,4-6,11H2,1-3H3. The molecule has 0 amide bonds. The molecule has 0 spiro atoms. The van der Waals surface area contributed by atoms with Crippen LogP contribution in [0.25, 0.3) is 0 Å². The van der Waals surface area contributed by atoms with E-state index in [4.69, 9.17) is 9.47 Å². The molecule has 4 nitrogen and oxygen atoms in total. The number of esters is 1. The summed E-state index contributed by atoms with van der Waals surface area (Å²) in [6, 6.07) is 7.61. The van der Waals surface area contributed by atoms with Crippen LogP contribution < -0.4 is 4.74 Å². The van der Waals surface area contributed by atoms with Crippen LogP contribution in [-0.4, -0.2) is 26.0 Å². The number of rotatable bonds is 4. The largest absolute Gasteiger partial charge is 0.497 e. The smallest absolute Gasteiger partial charge is 0.319 e. The molecule has 0 N–H and O–H groups in total. The first-order valence-electron chi connectivity index (χ1n) is 7.29. The Morgan fingerprint density at radius 2 is 1.81 bits per heavy atom. The molecular formula is C17H22O4. The van der Waals surface area contributed by atoms with E-state index in [-0.39, 0.29) is 11.7 Å². The van der Waals surface area contributed by atoms with E-state index in [0.29, 0.717) is 6.42 Å². The van der Waals surface area contributed by atoms with E-state index in [9.17, 15) is 9.59 Å². The molecule has 0 aromatic heterocycles. The number of carbonyl (C=O) groups excluding carboxylic acids is 2. The number of carbonyl (C=O) groups is 2. The zero-order valence-corrected chi connectivity index (χ0v) is 12.8. The maximum absolute atomic E-state index is 12.4. The van der Waals surface area contributed by atoms with E-state index >= 15 is 0 Å². The average molecular weight is 290 g/mol. The Balaban J connectivity index is 2.45. The van der Waals surface area contributed by atoms with Crippen molar-refractivity contribution < 1.29 is 19.1 Å². The highest BCUT2D eigenvalue weighted by atomic mass is 16.5. The van der Waals surface area contributed by atoms with Crippen molar-refractivity contribution in [3.63, 3.8) is 0 Å². The molecule has 1 saturated carbocycles. The Morgan fingerprint density at radius 1 is 1.14 bits per heavy atom. The van der Waals surface area contributed by atoms with Gasteiger partial charge in [0.2, 0.25) is 0 Å². The van der Waals surface area contributed by atoms with Gasteiger partial charge in [0.15, 0.2) is 0 Å². The van der Waals surface area contributed by atoms with Crippen LogP contribution in [0.1, 0.15) is 44.1 Å². The number of Topliss-reactive ketones (excluding diaryl/α,β-unsaturated/α-hetero) is 1. The van der Waals surface area contributed by atoms with Crippen molar-refractivity contribution in [1.82, 2.24) is 0 Å². The van der Waals surface area contributed by atoms with Crippen LogP contribution in [-0.2, 0) is 14.3 Å². The van der Waals surface area contributed by atoms with Gasteiger partial charge in [-0.1, -0.05) is 25.0 Å². The van der Waals surface area contributed by atoms with E-state index in [1.54, 1.807) is 7.11 Å². The highest BCUT2D eigenvalue weighted by Gasteiger charge is 2.52. The summed E-state index contributed by atoms with van der Waals surface area (Å²) in [5.41, 5.74) is -0.0437. The summed E-state index contributed by atoms with van der Waals surface area (Å²) < 4.78 is 10.1. The zero-order chi connectivity index (χ0) is 15.5. The lowest BCUT2D eigenvalue weighted by molar-refractivity contribution is -0.161. The minimum atomic E-state index is -1.04. The number of hydrogen-bond donors (Lipinski definition) is 0. The molecule has 1 aliphatic rings. The lowest BCUT2D eigenvalue weighted by atomic mass is 9.62. The minimum absolute atomic E-state index is 0.102. The van der Waals surface area contributed by atoms with Crippen molar-refractivity contribution in [1.29, 1.82) is 0 Å². The van der Waals surface area contributed by atoms with Gasteiger partial charge >= 0.3 is 5.97 Å². The van der Waals surface area contributed by atoms with Gasteiger partial charge in [0, 0.05) is 5.92 Å². The van der Waals surface area contributed by atoms with Crippen molar-refractivity contribution in [2.75, 3.05) is 14.2 Å². The zero-order valence-electron chi connectivity index (χ0n) is 12.8. The van der Waals surface area contributed by atoms with Gasteiger partial charge in [-0.2, -0.15) is 0 Å². The lowest BCUT2D eigenvalue weighted by Gasteiger charge is -2.40. The summed E-state index contributed by atoms with van der Waals surface area (Å²) in [6.07, 6.45) is 3.27. The van der Waals surface area contributed by atoms with Gasteiger partial charge in [-0.05, 0) is 37.5 Å². The normalized spacial score (nSPS) is 25.2. The molecule has 1 aromatic rings. The number of hydrogen-bond acceptors (Lipinski definition) is 4. The van der Waals surface area contributed by atoms with E-state index in [1.807, 2.05) is 24.3 Å². The van der Waals surface area contributed by atoms with Gasteiger partial charge in [0.1, 0.15) is 16.9 Å². The average Bonchev–Trinajstić information content (AvgIpc) is 2.53. The quantitative estimate of drug-likeness (QED) is 0.631. The van der Waals surface area contributed by atoms with E-state index in [1.165, 1.54) is 14.0 Å². The molecular weight excluding hydrogens is 268 g/mol. The molecule has 0 aliphatic heterocycles. The van der Waals surface area contributed by atoms with Crippen molar-refractivity contribution in [2.45, 2.75) is 38.5 Å². The molecule has 0 saturated heterocycles. The Hall–Kier alpha value is -1.84. The molecule has 0 radical (unpaired) electrons. The predicted molar refractivity (Wildman–Crippen MR) is 79.3 cm³/mol. The van der Waals surface area contributed by atoms with E-state index in [2.05, 4.69) is 0 Å². The van der Waals surface area contributed by atoms with Gasteiger partial charge in [-0.3, -0.25) is 9.59 Å². The first-order chi connectivity index (χ1) is 10.1. The summed E-state index contributed by atoms with van der Waals surface area (Å²) in [4.78, 5) is 24.7. The Morgan fingerprint density at radius 3 is 2.33 bits per heavy atom.